The van der Waals surface area contributed by atoms with Gasteiger partial charge in [0.15, 0.2) is 11.5 Å². The molecule has 2 N–H and O–H groups in total. The summed E-state index contributed by atoms with van der Waals surface area (Å²) in [5.41, 5.74) is 0.253. The van der Waals surface area contributed by atoms with Crippen LogP contribution in [0.5, 0.6) is 17.2 Å². The molecular weight excluding hydrogens is 358 g/mol. The molecule has 9 heteroatoms. The Balaban J connectivity index is 0.00000312. The Bertz CT molecular complexity index is 564. The third kappa shape index (κ3) is 5.34. The van der Waals surface area contributed by atoms with Crippen LogP contribution in [0.2, 0.25) is 0 Å². The van der Waals surface area contributed by atoms with E-state index in [0.717, 1.165) is 13.0 Å². The van der Waals surface area contributed by atoms with Gasteiger partial charge in [0.1, 0.15) is 0 Å². The molecule has 6 nitrogen and oxygen atoms in total. The highest BCUT2D eigenvalue weighted by Crippen LogP contribution is 2.39. The SMILES string of the molecule is COc1cc(C(=O)NC2CNCCC2C)cc(OC)c1OC(F)F.Cl. The quantitative estimate of drug-likeness (QED) is 0.793. The number of piperidine rings is 1. The van der Waals surface area contributed by atoms with Crippen molar-refractivity contribution in [3.8, 4) is 17.2 Å². The van der Waals surface area contributed by atoms with Crippen LogP contribution in [-0.2, 0) is 0 Å². The van der Waals surface area contributed by atoms with Gasteiger partial charge in [-0.25, -0.2) is 0 Å². The number of alkyl halides is 2. The number of rotatable bonds is 6. The predicted molar refractivity (Wildman–Crippen MR) is 91.3 cm³/mol. The van der Waals surface area contributed by atoms with Crippen LogP contribution in [0.1, 0.15) is 23.7 Å². The average molecular weight is 381 g/mol. The van der Waals surface area contributed by atoms with E-state index in [1.807, 2.05) is 0 Å². The minimum absolute atomic E-state index is 0. The van der Waals surface area contributed by atoms with Gasteiger partial charge < -0.3 is 24.8 Å². The van der Waals surface area contributed by atoms with Crippen molar-refractivity contribution in [2.45, 2.75) is 26.0 Å². The molecule has 25 heavy (non-hydrogen) atoms. The summed E-state index contributed by atoms with van der Waals surface area (Å²) in [4.78, 5) is 12.5. The Hall–Kier alpha value is -1.80. The average Bonchev–Trinajstić information content (AvgIpc) is 2.56. The molecule has 2 unspecified atom stereocenters. The molecule has 0 aromatic heterocycles. The van der Waals surface area contributed by atoms with Crippen LogP contribution in [0.25, 0.3) is 0 Å². The van der Waals surface area contributed by atoms with Crippen molar-refractivity contribution < 1.29 is 27.8 Å². The molecule has 0 bridgehead atoms. The number of halogens is 3. The van der Waals surface area contributed by atoms with E-state index in [-0.39, 0.29) is 47.2 Å². The number of carbonyl (C=O) groups is 1. The Labute approximate surface area is 151 Å². The van der Waals surface area contributed by atoms with Crippen molar-refractivity contribution in [1.29, 1.82) is 0 Å². The normalized spacial score (nSPS) is 19.8. The van der Waals surface area contributed by atoms with Gasteiger partial charge in [0.25, 0.3) is 5.91 Å². The number of carbonyl (C=O) groups excluding carboxylic acids is 1. The zero-order valence-electron chi connectivity index (χ0n) is 14.3. The highest BCUT2D eigenvalue weighted by atomic mass is 35.5. The third-order valence-electron chi connectivity index (χ3n) is 4.07. The van der Waals surface area contributed by atoms with E-state index in [4.69, 9.17) is 9.47 Å². The van der Waals surface area contributed by atoms with Gasteiger partial charge in [-0.05, 0) is 31.0 Å². The van der Waals surface area contributed by atoms with Crippen LogP contribution in [0.3, 0.4) is 0 Å². The Morgan fingerprint density at radius 3 is 2.36 bits per heavy atom. The number of benzene rings is 1. The first-order chi connectivity index (χ1) is 11.5. The molecule has 0 aliphatic carbocycles. The van der Waals surface area contributed by atoms with Crippen LogP contribution in [0.15, 0.2) is 12.1 Å². The molecule has 2 rings (SSSR count). The van der Waals surface area contributed by atoms with Gasteiger partial charge in [-0.1, -0.05) is 6.92 Å². The minimum Gasteiger partial charge on any atom is -0.493 e. The molecule has 0 radical (unpaired) electrons. The third-order valence-corrected chi connectivity index (χ3v) is 4.07. The fraction of sp³-hybridized carbons (Fsp3) is 0.562. The highest BCUT2D eigenvalue weighted by molar-refractivity contribution is 5.95. The van der Waals surface area contributed by atoms with Crippen LogP contribution in [0, 0.1) is 5.92 Å². The lowest BCUT2D eigenvalue weighted by Crippen LogP contribution is -2.50. The number of ether oxygens (including phenoxy) is 3. The second kappa shape index (κ2) is 9.62. The highest BCUT2D eigenvalue weighted by Gasteiger charge is 2.25. The van der Waals surface area contributed by atoms with E-state index < -0.39 is 6.61 Å². The van der Waals surface area contributed by atoms with E-state index in [9.17, 15) is 13.6 Å². The molecular formula is C16H23ClF2N2O4. The number of hydrogen-bond acceptors (Lipinski definition) is 5. The molecule has 1 heterocycles. The summed E-state index contributed by atoms with van der Waals surface area (Å²) in [6.07, 6.45) is 0.971. The van der Waals surface area contributed by atoms with Crippen molar-refractivity contribution >= 4 is 18.3 Å². The summed E-state index contributed by atoms with van der Waals surface area (Å²) < 4.78 is 39.6. The molecule has 142 valence electrons. The van der Waals surface area contributed by atoms with Gasteiger partial charge in [-0.3, -0.25) is 4.79 Å². The van der Waals surface area contributed by atoms with Crippen molar-refractivity contribution in [3.05, 3.63) is 17.7 Å². The molecule has 1 aliphatic heterocycles. The van der Waals surface area contributed by atoms with Crippen molar-refractivity contribution in [3.63, 3.8) is 0 Å². The fourth-order valence-electron chi connectivity index (χ4n) is 2.65. The first kappa shape index (κ1) is 21.2. The summed E-state index contributed by atoms with van der Waals surface area (Å²) >= 11 is 0. The number of amides is 1. The zero-order valence-corrected chi connectivity index (χ0v) is 15.1. The van der Waals surface area contributed by atoms with Crippen molar-refractivity contribution in [1.82, 2.24) is 10.6 Å². The zero-order chi connectivity index (χ0) is 17.7. The number of methoxy groups -OCH3 is 2. The maximum Gasteiger partial charge on any atom is 0.387 e. The lowest BCUT2D eigenvalue weighted by Gasteiger charge is -2.30. The molecule has 0 spiro atoms. The first-order valence-electron chi connectivity index (χ1n) is 7.68. The van der Waals surface area contributed by atoms with E-state index in [1.165, 1.54) is 26.4 Å². The van der Waals surface area contributed by atoms with Gasteiger partial charge in [-0.2, -0.15) is 8.78 Å². The van der Waals surface area contributed by atoms with Crippen LogP contribution < -0.4 is 24.8 Å². The van der Waals surface area contributed by atoms with Crippen molar-refractivity contribution in [2.75, 3.05) is 27.3 Å². The summed E-state index contributed by atoms with van der Waals surface area (Å²) in [6, 6.07) is 2.72. The second-order valence-corrected chi connectivity index (χ2v) is 5.64. The molecule has 1 fully saturated rings. The summed E-state index contributed by atoms with van der Waals surface area (Å²) in [5.74, 6) is -0.195. The molecule has 1 saturated heterocycles. The molecule has 1 aromatic rings. The van der Waals surface area contributed by atoms with Crippen LogP contribution >= 0.6 is 12.4 Å². The summed E-state index contributed by atoms with van der Waals surface area (Å²) in [5, 5.41) is 6.18. The van der Waals surface area contributed by atoms with Crippen LogP contribution in [-0.4, -0.2) is 45.9 Å². The maximum atomic E-state index is 12.5. The monoisotopic (exact) mass is 380 g/mol. The fourth-order valence-corrected chi connectivity index (χ4v) is 2.65. The Kier molecular flexibility index (Phi) is 8.18. The molecule has 1 amide bonds. The second-order valence-electron chi connectivity index (χ2n) is 5.64. The lowest BCUT2D eigenvalue weighted by atomic mass is 9.94. The molecule has 0 saturated carbocycles. The number of nitrogens with one attached hydrogen (secondary N) is 2. The van der Waals surface area contributed by atoms with Gasteiger partial charge in [0, 0.05) is 18.2 Å². The number of hydrogen-bond donors (Lipinski definition) is 2. The summed E-state index contributed by atoms with van der Waals surface area (Å²) in [6.45, 7) is 0.663. The minimum atomic E-state index is -3.03. The van der Waals surface area contributed by atoms with E-state index >= 15 is 0 Å². The Morgan fingerprint density at radius 1 is 1.28 bits per heavy atom. The largest absolute Gasteiger partial charge is 0.493 e. The Morgan fingerprint density at radius 2 is 1.88 bits per heavy atom. The van der Waals surface area contributed by atoms with E-state index in [1.54, 1.807) is 0 Å². The van der Waals surface area contributed by atoms with Crippen LogP contribution in [0.4, 0.5) is 8.78 Å². The molecule has 1 aliphatic rings. The summed E-state index contributed by atoms with van der Waals surface area (Å²) in [7, 11) is 2.61. The van der Waals surface area contributed by atoms with Gasteiger partial charge in [0.2, 0.25) is 5.75 Å². The van der Waals surface area contributed by atoms with Gasteiger partial charge >= 0.3 is 6.61 Å². The van der Waals surface area contributed by atoms with Gasteiger partial charge in [0.05, 0.1) is 14.2 Å². The molecule has 2 atom stereocenters. The topological polar surface area (TPSA) is 68.8 Å². The molecule has 1 aromatic carbocycles. The van der Waals surface area contributed by atoms with Gasteiger partial charge in [-0.15, -0.1) is 12.4 Å². The van der Waals surface area contributed by atoms with E-state index in [2.05, 4.69) is 22.3 Å². The maximum absolute atomic E-state index is 12.5. The van der Waals surface area contributed by atoms with E-state index in [0.29, 0.717) is 12.5 Å². The predicted octanol–water partition coefficient (Wildman–Crippen LogP) is 2.45. The van der Waals surface area contributed by atoms with Crippen molar-refractivity contribution in [2.24, 2.45) is 5.92 Å². The standard InChI is InChI=1S/C16H22F2N2O4.ClH/c1-9-4-5-19-8-11(9)20-15(21)10-6-12(22-2)14(24-16(17)18)13(7-10)23-3;/h6-7,9,11,16,19H,4-5,8H2,1-3H3,(H,20,21);1H. The first-order valence-corrected chi connectivity index (χ1v) is 7.68. The smallest absolute Gasteiger partial charge is 0.387 e. The lowest BCUT2D eigenvalue weighted by molar-refractivity contribution is -0.0526.